The minimum atomic E-state index is 0.0154. The predicted molar refractivity (Wildman–Crippen MR) is 114 cm³/mol. The highest BCUT2D eigenvalue weighted by Crippen LogP contribution is 2.34. The Hall–Kier alpha value is -2.44. The first-order valence-electron chi connectivity index (χ1n) is 10.00. The molecule has 0 unspecified atom stereocenters. The van der Waals surface area contributed by atoms with Crippen LogP contribution in [0.4, 0.5) is 0 Å². The number of nitrogens with one attached hydrogen (secondary N) is 1. The van der Waals surface area contributed by atoms with Crippen molar-refractivity contribution >= 4 is 27.2 Å². The van der Waals surface area contributed by atoms with Gasteiger partial charge in [0.15, 0.2) is 4.96 Å². The maximum absolute atomic E-state index is 12.2. The minimum absolute atomic E-state index is 0.0154. The van der Waals surface area contributed by atoms with Gasteiger partial charge in [-0.05, 0) is 49.4 Å². The lowest BCUT2D eigenvalue weighted by atomic mass is 9.88. The van der Waals surface area contributed by atoms with Crippen LogP contribution in [0.1, 0.15) is 42.5 Å². The number of likely N-dealkylation sites (tertiary alicyclic amines) is 1. The summed E-state index contributed by atoms with van der Waals surface area (Å²) in [5.74, 6) is 0.593. The van der Waals surface area contributed by atoms with Crippen molar-refractivity contribution in [3.05, 3.63) is 69.2 Å². The van der Waals surface area contributed by atoms with E-state index < -0.39 is 0 Å². The number of fused-ring (bicyclic) bond motifs is 2. The third kappa shape index (κ3) is 3.06. The van der Waals surface area contributed by atoms with Crippen molar-refractivity contribution in [2.24, 2.45) is 0 Å². The average molecular weight is 393 g/mol. The fourth-order valence-electron chi connectivity index (χ4n) is 4.47. The molecule has 1 fully saturated rings. The molecule has 0 saturated carbocycles. The van der Waals surface area contributed by atoms with E-state index in [1.54, 1.807) is 16.7 Å². The first kappa shape index (κ1) is 17.6. The second-order valence-electron chi connectivity index (χ2n) is 7.63. The summed E-state index contributed by atoms with van der Waals surface area (Å²) in [6.45, 7) is 5.04. The second-order valence-corrected chi connectivity index (χ2v) is 8.50. The van der Waals surface area contributed by atoms with Gasteiger partial charge in [-0.25, -0.2) is 4.98 Å². The smallest absolute Gasteiger partial charge is 0.258 e. The zero-order valence-corrected chi connectivity index (χ0v) is 16.8. The van der Waals surface area contributed by atoms with Crippen LogP contribution in [0.3, 0.4) is 0 Å². The van der Waals surface area contributed by atoms with Crippen LogP contribution in [0.25, 0.3) is 15.9 Å². The van der Waals surface area contributed by atoms with Gasteiger partial charge >= 0.3 is 0 Å². The SMILES string of the molecule is CCc1cccc2c(C3CCN(Cc4cc(=O)n5ccsc5n4)CC3)c[nH]c12. The predicted octanol–water partition coefficient (Wildman–Crippen LogP) is 4.18. The van der Waals surface area contributed by atoms with Gasteiger partial charge in [0.05, 0.1) is 5.69 Å². The van der Waals surface area contributed by atoms with Crippen LogP contribution in [0, 0.1) is 0 Å². The number of aryl methyl sites for hydroxylation is 1. The lowest BCUT2D eigenvalue weighted by Gasteiger charge is -2.31. The second kappa shape index (κ2) is 7.18. The summed E-state index contributed by atoms with van der Waals surface area (Å²) in [5.41, 5.74) is 5.05. The van der Waals surface area contributed by atoms with Gasteiger partial charge in [0.1, 0.15) is 0 Å². The van der Waals surface area contributed by atoms with E-state index >= 15 is 0 Å². The first-order chi connectivity index (χ1) is 13.7. The topological polar surface area (TPSA) is 53.4 Å². The number of hydrogen-bond donors (Lipinski definition) is 1. The molecule has 5 nitrogen and oxygen atoms in total. The molecule has 4 aromatic rings. The summed E-state index contributed by atoms with van der Waals surface area (Å²) in [6.07, 6.45) is 7.34. The standard InChI is InChI=1S/C22H24N4OS/c1-2-15-4-3-5-18-19(13-23-21(15)18)16-6-8-25(9-7-16)14-17-12-20(27)26-10-11-28-22(26)24-17/h3-5,10-13,16,23H,2,6-9,14H2,1H3. The molecule has 1 saturated heterocycles. The highest BCUT2D eigenvalue weighted by molar-refractivity contribution is 7.15. The maximum atomic E-state index is 12.2. The molecule has 0 spiro atoms. The summed E-state index contributed by atoms with van der Waals surface area (Å²) in [6, 6.07) is 8.32. The molecule has 1 aliphatic heterocycles. The van der Waals surface area contributed by atoms with Gasteiger partial charge in [-0.1, -0.05) is 25.1 Å². The molecule has 0 bridgehead atoms. The molecule has 5 rings (SSSR count). The quantitative estimate of drug-likeness (QED) is 0.567. The van der Waals surface area contributed by atoms with Crippen molar-refractivity contribution in [3.63, 3.8) is 0 Å². The summed E-state index contributed by atoms with van der Waals surface area (Å²) in [7, 11) is 0. The fourth-order valence-corrected chi connectivity index (χ4v) is 5.21. The van der Waals surface area contributed by atoms with Crippen LogP contribution >= 0.6 is 11.3 Å². The zero-order chi connectivity index (χ0) is 19.1. The molecule has 4 heterocycles. The third-order valence-electron chi connectivity index (χ3n) is 5.98. The van der Waals surface area contributed by atoms with Crippen molar-refractivity contribution in [1.82, 2.24) is 19.3 Å². The van der Waals surface area contributed by atoms with Gasteiger partial charge in [0, 0.05) is 41.3 Å². The van der Waals surface area contributed by atoms with Gasteiger partial charge in [-0.3, -0.25) is 14.1 Å². The van der Waals surface area contributed by atoms with Crippen molar-refractivity contribution in [1.29, 1.82) is 0 Å². The van der Waals surface area contributed by atoms with Crippen molar-refractivity contribution in [2.75, 3.05) is 13.1 Å². The van der Waals surface area contributed by atoms with Crippen LogP contribution in [0.5, 0.6) is 0 Å². The molecule has 1 aliphatic rings. The molecular formula is C22H24N4OS. The summed E-state index contributed by atoms with van der Waals surface area (Å²) >= 11 is 1.51. The van der Waals surface area contributed by atoms with E-state index in [9.17, 15) is 4.79 Å². The molecule has 144 valence electrons. The Morgan fingerprint density at radius 1 is 1.29 bits per heavy atom. The Morgan fingerprint density at radius 3 is 2.96 bits per heavy atom. The molecule has 6 heteroatoms. The summed E-state index contributed by atoms with van der Waals surface area (Å²) in [5, 5.41) is 3.29. The number of H-pyrrole nitrogens is 1. The molecule has 3 aromatic heterocycles. The van der Waals surface area contributed by atoms with Gasteiger partial charge in [0.25, 0.3) is 5.56 Å². The average Bonchev–Trinajstić information content (AvgIpc) is 3.35. The molecule has 0 radical (unpaired) electrons. The fraction of sp³-hybridized carbons (Fsp3) is 0.364. The first-order valence-corrected chi connectivity index (χ1v) is 10.9. The number of rotatable bonds is 4. The zero-order valence-electron chi connectivity index (χ0n) is 16.0. The highest BCUT2D eigenvalue weighted by Gasteiger charge is 2.23. The lowest BCUT2D eigenvalue weighted by Crippen LogP contribution is -2.33. The van der Waals surface area contributed by atoms with E-state index in [1.165, 1.54) is 33.4 Å². The van der Waals surface area contributed by atoms with Crippen molar-refractivity contribution in [3.8, 4) is 0 Å². The van der Waals surface area contributed by atoms with Gasteiger partial charge in [-0.15, -0.1) is 11.3 Å². The molecule has 0 amide bonds. The molecule has 1 aromatic carbocycles. The molecule has 1 N–H and O–H groups in total. The number of nitrogens with zero attached hydrogens (tertiary/aromatic N) is 3. The van der Waals surface area contributed by atoms with E-state index in [1.807, 2.05) is 5.38 Å². The number of aromatic amines is 1. The molecule has 0 aliphatic carbocycles. The summed E-state index contributed by atoms with van der Waals surface area (Å²) < 4.78 is 1.61. The van der Waals surface area contributed by atoms with Crippen LogP contribution in [-0.2, 0) is 13.0 Å². The van der Waals surface area contributed by atoms with Crippen LogP contribution in [0.15, 0.2) is 46.8 Å². The van der Waals surface area contributed by atoms with E-state index in [2.05, 4.69) is 46.2 Å². The molecule has 28 heavy (non-hydrogen) atoms. The number of para-hydroxylation sites is 1. The molecule has 0 atom stereocenters. The largest absolute Gasteiger partial charge is 0.361 e. The summed E-state index contributed by atoms with van der Waals surface area (Å²) in [4.78, 5) is 23.6. The number of aromatic nitrogens is 3. The van der Waals surface area contributed by atoms with Crippen LogP contribution in [-0.4, -0.2) is 32.4 Å². The third-order valence-corrected chi connectivity index (χ3v) is 6.74. The number of piperidine rings is 1. The minimum Gasteiger partial charge on any atom is -0.361 e. The van der Waals surface area contributed by atoms with E-state index in [0.29, 0.717) is 5.92 Å². The number of benzene rings is 1. The van der Waals surface area contributed by atoms with Crippen LogP contribution in [0.2, 0.25) is 0 Å². The van der Waals surface area contributed by atoms with E-state index in [4.69, 9.17) is 0 Å². The van der Waals surface area contributed by atoms with Gasteiger partial charge in [0.2, 0.25) is 0 Å². The highest BCUT2D eigenvalue weighted by atomic mass is 32.1. The normalized spacial score (nSPS) is 16.3. The van der Waals surface area contributed by atoms with Gasteiger partial charge in [-0.2, -0.15) is 0 Å². The van der Waals surface area contributed by atoms with Crippen molar-refractivity contribution in [2.45, 2.75) is 38.6 Å². The monoisotopic (exact) mass is 392 g/mol. The Morgan fingerprint density at radius 2 is 2.14 bits per heavy atom. The van der Waals surface area contributed by atoms with E-state index in [0.717, 1.165) is 49.6 Å². The van der Waals surface area contributed by atoms with Crippen molar-refractivity contribution < 1.29 is 0 Å². The Bertz CT molecular complexity index is 1180. The van der Waals surface area contributed by atoms with Crippen LogP contribution < -0.4 is 5.56 Å². The Labute approximate surface area is 167 Å². The van der Waals surface area contributed by atoms with Gasteiger partial charge < -0.3 is 4.98 Å². The lowest BCUT2D eigenvalue weighted by molar-refractivity contribution is 0.203. The molecular weight excluding hydrogens is 368 g/mol. The Balaban J connectivity index is 1.30. The number of thiazole rings is 1. The number of hydrogen-bond acceptors (Lipinski definition) is 4. The maximum Gasteiger partial charge on any atom is 0.258 e. The Kier molecular flexibility index (Phi) is 4.53. The van der Waals surface area contributed by atoms with E-state index in [-0.39, 0.29) is 5.56 Å².